The molecule has 0 aliphatic rings. The van der Waals surface area contributed by atoms with Crippen LogP contribution in [0.15, 0.2) is 72.0 Å². The molecule has 1 aromatic heterocycles. The Morgan fingerprint density at radius 2 is 1.58 bits per heavy atom. The average Bonchev–Trinajstić information content (AvgIpc) is 3.32. The number of rotatable bonds is 8. The molecule has 10 heteroatoms. The first kappa shape index (κ1) is 27.5. The Kier molecular flexibility index (Phi) is 7.73. The van der Waals surface area contributed by atoms with Gasteiger partial charge in [0.1, 0.15) is 11.6 Å². The zero-order chi connectivity index (χ0) is 27.7. The smallest absolute Gasteiger partial charge is 0.416 e. The van der Waals surface area contributed by atoms with Crippen molar-refractivity contribution in [3.8, 4) is 17.2 Å². The number of nitrogens with zero attached hydrogens (tertiary/aromatic N) is 2. The molecular weight excluding hydrogens is 523 g/mol. The molecule has 1 heterocycles. The lowest BCUT2D eigenvalue weighted by Gasteiger charge is -2.28. The predicted octanol–water partition coefficient (Wildman–Crippen LogP) is 7.80. The molecule has 0 fully saturated rings. The molecule has 0 saturated heterocycles. The highest BCUT2D eigenvalue weighted by molar-refractivity contribution is 7.98. The molecule has 0 aliphatic carbocycles. The summed E-state index contributed by atoms with van der Waals surface area (Å²) < 4.78 is 81.4. The summed E-state index contributed by atoms with van der Waals surface area (Å²) in [5.41, 5.74) is -0.0870. The number of aromatic nitrogens is 2. The first-order valence-electron chi connectivity index (χ1n) is 11.5. The molecule has 0 radical (unpaired) electrons. The second kappa shape index (κ2) is 10.7. The van der Waals surface area contributed by atoms with Crippen LogP contribution in [0, 0.1) is 11.6 Å². The van der Waals surface area contributed by atoms with Crippen LogP contribution in [0.25, 0.3) is 5.69 Å². The lowest BCUT2D eigenvalue weighted by molar-refractivity contribution is -0.138. The fraction of sp³-hybridized carbons (Fsp3) is 0.250. The zero-order valence-corrected chi connectivity index (χ0v) is 21.9. The van der Waals surface area contributed by atoms with E-state index < -0.39 is 34.4 Å². The van der Waals surface area contributed by atoms with Gasteiger partial charge in [0.05, 0.1) is 31.7 Å². The van der Waals surface area contributed by atoms with E-state index in [2.05, 4.69) is 4.98 Å². The topological polar surface area (TPSA) is 36.3 Å². The van der Waals surface area contributed by atoms with Crippen molar-refractivity contribution < 1.29 is 31.4 Å². The minimum absolute atomic E-state index is 0.310. The van der Waals surface area contributed by atoms with Gasteiger partial charge in [0.25, 0.3) is 0 Å². The molecule has 3 aromatic carbocycles. The van der Waals surface area contributed by atoms with E-state index in [1.54, 1.807) is 29.0 Å². The molecule has 0 atom stereocenters. The van der Waals surface area contributed by atoms with E-state index >= 15 is 0 Å². The van der Waals surface area contributed by atoms with Gasteiger partial charge < -0.3 is 9.47 Å². The van der Waals surface area contributed by atoms with Crippen molar-refractivity contribution in [2.75, 3.05) is 14.2 Å². The number of halogens is 5. The minimum Gasteiger partial charge on any atom is -0.493 e. The highest BCUT2D eigenvalue weighted by atomic mass is 32.2. The van der Waals surface area contributed by atoms with Gasteiger partial charge in [-0.2, -0.15) is 13.2 Å². The summed E-state index contributed by atoms with van der Waals surface area (Å²) in [5, 5.41) is 0.330. The maximum Gasteiger partial charge on any atom is 0.416 e. The van der Waals surface area contributed by atoms with Crippen molar-refractivity contribution in [1.82, 2.24) is 9.55 Å². The summed E-state index contributed by atoms with van der Waals surface area (Å²) in [5.74, 6) is -0.612. The number of hydrogen-bond acceptors (Lipinski definition) is 4. The van der Waals surface area contributed by atoms with Gasteiger partial charge in [-0.1, -0.05) is 37.7 Å². The van der Waals surface area contributed by atoms with Gasteiger partial charge in [-0.3, -0.25) is 4.57 Å². The molecule has 38 heavy (non-hydrogen) atoms. The monoisotopic (exact) mass is 548 g/mol. The fourth-order valence-corrected chi connectivity index (χ4v) is 5.22. The number of methoxy groups -OCH3 is 2. The average molecular weight is 549 g/mol. The fourth-order valence-electron chi connectivity index (χ4n) is 4.20. The standard InChI is InChI=1S/C28H25F5N2O2S/c1-27(2,17-8-13-23(36-3)24(14-17)37-4)25-15-34-26(35(25)19-11-9-18(29)10-12-19)38-16-20-21(28(31,32)33)6-5-7-22(20)30/h5-15H,16H2,1-4H3. The van der Waals surface area contributed by atoms with Crippen molar-refractivity contribution in [1.29, 1.82) is 0 Å². The Labute approximate surface area is 221 Å². The molecule has 4 rings (SSSR count). The van der Waals surface area contributed by atoms with E-state index in [0.29, 0.717) is 28.0 Å². The van der Waals surface area contributed by atoms with Crippen LogP contribution in [0.1, 0.15) is 36.2 Å². The second-order valence-electron chi connectivity index (χ2n) is 8.98. The number of ether oxygens (including phenoxy) is 2. The maximum absolute atomic E-state index is 14.5. The largest absolute Gasteiger partial charge is 0.493 e. The Morgan fingerprint density at radius 3 is 2.21 bits per heavy atom. The summed E-state index contributed by atoms with van der Waals surface area (Å²) in [6.07, 6.45) is -3.08. The summed E-state index contributed by atoms with van der Waals surface area (Å²) in [4.78, 5) is 4.49. The Morgan fingerprint density at radius 1 is 0.895 bits per heavy atom. The molecule has 0 amide bonds. The number of thioether (sulfide) groups is 1. The van der Waals surface area contributed by atoms with Gasteiger partial charge >= 0.3 is 6.18 Å². The van der Waals surface area contributed by atoms with Crippen molar-refractivity contribution in [2.45, 2.75) is 36.3 Å². The van der Waals surface area contributed by atoms with Gasteiger partial charge in [0.2, 0.25) is 0 Å². The van der Waals surface area contributed by atoms with E-state index in [9.17, 15) is 22.0 Å². The van der Waals surface area contributed by atoms with E-state index in [4.69, 9.17) is 9.47 Å². The third-order valence-corrected chi connectivity index (χ3v) is 7.31. The third-order valence-electron chi connectivity index (χ3n) is 6.33. The van der Waals surface area contributed by atoms with Crippen LogP contribution in [-0.2, 0) is 17.3 Å². The van der Waals surface area contributed by atoms with Crippen LogP contribution in [0.3, 0.4) is 0 Å². The lowest BCUT2D eigenvalue weighted by atomic mass is 9.81. The highest BCUT2D eigenvalue weighted by Gasteiger charge is 2.35. The number of benzene rings is 3. The molecule has 4 aromatic rings. The van der Waals surface area contributed by atoms with Crippen LogP contribution in [-0.4, -0.2) is 23.8 Å². The van der Waals surface area contributed by atoms with Crippen LogP contribution < -0.4 is 9.47 Å². The quantitative estimate of drug-likeness (QED) is 0.166. The van der Waals surface area contributed by atoms with Crippen LogP contribution >= 0.6 is 11.8 Å². The normalized spacial score (nSPS) is 12.0. The van der Waals surface area contributed by atoms with Gasteiger partial charge in [-0.25, -0.2) is 13.8 Å². The van der Waals surface area contributed by atoms with Crippen molar-refractivity contribution in [3.05, 3.63) is 101 Å². The number of imidazole rings is 1. The van der Waals surface area contributed by atoms with Crippen molar-refractivity contribution in [3.63, 3.8) is 0 Å². The van der Waals surface area contributed by atoms with Gasteiger partial charge in [0.15, 0.2) is 16.7 Å². The predicted molar refractivity (Wildman–Crippen MR) is 136 cm³/mol. The molecular formula is C28H25F5N2O2S. The first-order valence-corrected chi connectivity index (χ1v) is 12.5. The van der Waals surface area contributed by atoms with Crippen LogP contribution in [0.2, 0.25) is 0 Å². The van der Waals surface area contributed by atoms with Crippen LogP contribution in [0.5, 0.6) is 11.5 Å². The molecule has 0 saturated carbocycles. The Hall–Kier alpha value is -3.53. The molecule has 0 aliphatic heterocycles. The number of hydrogen-bond donors (Lipinski definition) is 0. The Balaban J connectivity index is 1.81. The third kappa shape index (κ3) is 5.36. The highest BCUT2D eigenvalue weighted by Crippen LogP contribution is 2.41. The molecule has 0 spiro atoms. The minimum atomic E-state index is -4.70. The second-order valence-corrected chi connectivity index (χ2v) is 9.93. The van der Waals surface area contributed by atoms with Gasteiger partial charge in [-0.05, 0) is 54.1 Å². The maximum atomic E-state index is 14.5. The molecule has 200 valence electrons. The van der Waals surface area contributed by atoms with E-state index in [1.807, 2.05) is 26.0 Å². The molecule has 0 N–H and O–H groups in total. The Bertz CT molecular complexity index is 1430. The van der Waals surface area contributed by atoms with Crippen molar-refractivity contribution >= 4 is 11.8 Å². The summed E-state index contributed by atoms with van der Waals surface area (Å²) in [7, 11) is 3.07. The van der Waals surface area contributed by atoms with E-state index in [-0.39, 0.29) is 5.75 Å². The summed E-state index contributed by atoms with van der Waals surface area (Å²) in [6, 6.07) is 14.1. The lowest BCUT2D eigenvalue weighted by Crippen LogP contribution is -2.23. The zero-order valence-electron chi connectivity index (χ0n) is 21.1. The molecule has 0 unspecified atom stereocenters. The van der Waals surface area contributed by atoms with Gasteiger partial charge in [0, 0.05) is 22.4 Å². The van der Waals surface area contributed by atoms with E-state index in [1.165, 1.54) is 26.4 Å². The molecule has 4 nitrogen and oxygen atoms in total. The summed E-state index contributed by atoms with van der Waals surface area (Å²) >= 11 is 0.963. The van der Waals surface area contributed by atoms with Gasteiger partial charge in [-0.15, -0.1) is 0 Å². The first-order chi connectivity index (χ1) is 18.0. The number of alkyl halides is 3. The van der Waals surface area contributed by atoms with E-state index in [0.717, 1.165) is 35.5 Å². The summed E-state index contributed by atoms with van der Waals surface area (Å²) in [6.45, 7) is 3.91. The SMILES string of the molecule is COc1ccc(C(C)(C)c2cnc(SCc3c(F)cccc3C(F)(F)F)n2-c2ccc(F)cc2)cc1OC. The van der Waals surface area contributed by atoms with Crippen LogP contribution in [0.4, 0.5) is 22.0 Å². The molecule has 0 bridgehead atoms. The van der Waals surface area contributed by atoms with Crippen molar-refractivity contribution in [2.24, 2.45) is 0 Å².